The van der Waals surface area contributed by atoms with E-state index in [0.717, 1.165) is 0 Å². The molecule has 0 aliphatic heterocycles. The molecule has 0 radical (unpaired) electrons. The Bertz CT molecular complexity index is 615. The van der Waals surface area contributed by atoms with Gasteiger partial charge < -0.3 is 15.5 Å². The van der Waals surface area contributed by atoms with Gasteiger partial charge in [0.25, 0.3) is 5.56 Å². The zero-order valence-corrected chi connectivity index (χ0v) is 10.7. The van der Waals surface area contributed by atoms with Crippen molar-refractivity contribution < 1.29 is 4.74 Å². The number of nitrogens with two attached hydrogens (primary N) is 1. The van der Waals surface area contributed by atoms with Gasteiger partial charge in [0.05, 0.1) is 11.3 Å². The molecule has 0 fully saturated rings. The first kappa shape index (κ1) is 11.9. The lowest BCUT2D eigenvalue weighted by molar-refractivity contribution is 0.457. The summed E-state index contributed by atoms with van der Waals surface area (Å²) >= 11 is 9.00. The maximum absolute atomic E-state index is 11.3. The Labute approximate surface area is 110 Å². The van der Waals surface area contributed by atoms with E-state index in [0.29, 0.717) is 16.5 Å². The van der Waals surface area contributed by atoms with E-state index in [4.69, 9.17) is 22.1 Å². The monoisotopic (exact) mass is 315 g/mol. The summed E-state index contributed by atoms with van der Waals surface area (Å²) in [5.74, 6) is 0.465. The predicted molar refractivity (Wildman–Crippen MR) is 68.5 cm³/mol. The predicted octanol–water partition coefficient (Wildman–Crippen LogP) is 2.56. The van der Waals surface area contributed by atoms with Crippen LogP contribution in [0, 0.1) is 0 Å². The molecule has 1 heterocycles. The van der Waals surface area contributed by atoms with Crippen LogP contribution in [0.1, 0.15) is 0 Å². The molecule has 0 bridgehead atoms. The standard InChI is InChI=1S/C10H7BrClN3O2/c11-8-9(16)14-4-15-10(8)17-7-3-5(13)1-2-6(7)12/h1-4H,13H2,(H,14,15,16). The summed E-state index contributed by atoms with van der Waals surface area (Å²) in [5, 5.41) is 0.383. The van der Waals surface area contributed by atoms with Crippen LogP contribution in [0.4, 0.5) is 5.69 Å². The summed E-state index contributed by atoms with van der Waals surface area (Å²) in [6, 6.07) is 4.81. The molecule has 0 spiro atoms. The Morgan fingerprint density at radius 1 is 1.47 bits per heavy atom. The number of rotatable bonds is 2. The number of anilines is 1. The highest BCUT2D eigenvalue weighted by Gasteiger charge is 2.10. The zero-order chi connectivity index (χ0) is 12.4. The van der Waals surface area contributed by atoms with Crippen LogP contribution >= 0.6 is 27.5 Å². The summed E-state index contributed by atoms with van der Waals surface area (Å²) in [7, 11) is 0. The van der Waals surface area contributed by atoms with Crippen molar-refractivity contribution >= 4 is 33.2 Å². The van der Waals surface area contributed by atoms with Crippen molar-refractivity contribution in [1.29, 1.82) is 0 Å². The van der Waals surface area contributed by atoms with Crippen molar-refractivity contribution in [2.24, 2.45) is 0 Å². The maximum atomic E-state index is 11.3. The van der Waals surface area contributed by atoms with Gasteiger partial charge in [0.1, 0.15) is 10.2 Å². The van der Waals surface area contributed by atoms with E-state index in [-0.39, 0.29) is 15.9 Å². The summed E-state index contributed by atoms with van der Waals surface area (Å²) in [6.07, 6.45) is 1.24. The van der Waals surface area contributed by atoms with Gasteiger partial charge in [-0.1, -0.05) is 11.6 Å². The lowest BCUT2D eigenvalue weighted by Gasteiger charge is -2.07. The van der Waals surface area contributed by atoms with Gasteiger partial charge in [-0.15, -0.1) is 0 Å². The molecule has 3 N–H and O–H groups in total. The molecule has 7 heteroatoms. The molecule has 1 aromatic heterocycles. The normalized spacial score (nSPS) is 10.2. The minimum atomic E-state index is -0.338. The number of halogens is 2. The number of nitrogens with one attached hydrogen (secondary N) is 1. The van der Waals surface area contributed by atoms with Gasteiger partial charge in [-0.3, -0.25) is 4.79 Å². The molecular weight excluding hydrogens is 309 g/mol. The fourth-order valence-electron chi connectivity index (χ4n) is 1.14. The van der Waals surface area contributed by atoms with E-state index in [1.54, 1.807) is 18.2 Å². The third kappa shape index (κ3) is 2.59. The summed E-state index contributed by atoms with van der Waals surface area (Å²) in [5.41, 5.74) is 5.78. The molecular formula is C10H7BrClN3O2. The van der Waals surface area contributed by atoms with Gasteiger partial charge in [-0.2, -0.15) is 0 Å². The van der Waals surface area contributed by atoms with Crippen LogP contribution < -0.4 is 16.0 Å². The van der Waals surface area contributed by atoms with Crippen molar-refractivity contribution in [3.05, 3.63) is 44.4 Å². The van der Waals surface area contributed by atoms with Crippen LogP contribution in [0.2, 0.25) is 5.02 Å². The largest absolute Gasteiger partial charge is 0.436 e. The molecule has 0 unspecified atom stereocenters. The Kier molecular flexibility index (Phi) is 3.35. The van der Waals surface area contributed by atoms with Crippen LogP contribution in [-0.2, 0) is 0 Å². The van der Waals surface area contributed by atoms with Crippen LogP contribution in [0.15, 0.2) is 33.8 Å². The smallest absolute Gasteiger partial charge is 0.268 e. The Hall–Kier alpha value is -1.53. The molecule has 0 amide bonds. The van der Waals surface area contributed by atoms with Crippen molar-refractivity contribution in [3.63, 3.8) is 0 Å². The van der Waals surface area contributed by atoms with Crippen LogP contribution in [-0.4, -0.2) is 9.97 Å². The number of ether oxygens (including phenoxy) is 1. The second-order valence-electron chi connectivity index (χ2n) is 3.14. The topological polar surface area (TPSA) is 81.0 Å². The van der Waals surface area contributed by atoms with E-state index >= 15 is 0 Å². The van der Waals surface area contributed by atoms with Gasteiger partial charge in [-0.25, -0.2) is 4.98 Å². The van der Waals surface area contributed by atoms with Crippen molar-refractivity contribution in [2.45, 2.75) is 0 Å². The summed E-state index contributed by atoms with van der Waals surface area (Å²) < 4.78 is 5.60. The van der Waals surface area contributed by atoms with Crippen molar-refractivity contribution in [1.82, 2.24) is 9.97 Å². The van der Waals surface area contributed by atoms with Gasteiger partial charge in [0, 0.05) is 11.8 Å². The van der Waals surface area contributed by atoms with E-state index in [1.807, 2.05) is 0 Å². The van der Waals surface area contributed by atoms with Gasteiger partial charge in [0.15, 0.2) is 0 Å². The molecule has 17 heavy (non-hydrogen) atoms. The Morgan fingerprint density at radius 3 is 3.00 bits per heavy atom. The van der Waals surface area contributed by atoms with Gasteiger partial charge >= 0.3 is 0 Å². The second-order valence-corrected chi connectivity index (χ2v) is 4.34. The molecule has 0 aliphatic carbocycles. The fourth-order valence-corrected chi connectivity index (χ4v) is 1.59. The van der Waals surface area contributed by atoms with E-state index in [1.165, 1.54) is 6.33 Å². The third-order valence-corrected chi connectivity index (χ3v) is 2.94. The average molecular weight is 317 g/mol. The second kappa shape index (κ2) is 4.77. The first-order valence-corrected chi connectivity index (χ1v) is 5.71. The third-order valence-electron chi connectivity index (χ3n) is 1.93. The van der Waals surface area contributed by atoms with Crippen molar-refractivity contribution in [2.75, 3.05) is 5.73 Å². The van der Waals surface area contributed by atoms with Gasteiger partial charge in [0.2, 0.25) is 5.88 Å². The van der Waals surface area contributed by atoms with E-state index in [9.17, 15) is 4.79 Å². The number of H-pyrrole nitrogens is 1. The van der Waals surface area contributed by atoms with Crippen LogP contribution in [0.25, 0.3) is 0 Å². The summed E-state index contributed by atoms with van der Waals surface area (Å²) in [4.78, 5) is 17.6. The van der Waals surface area contributed by atoms with E-state index < -0.39 is 0 Å². The number of hydrogen-bond acceptors (Lipinski definition) is 4. The minimum Gasteiger partial charge on any atom is -0.436 e. The minimum absolute atomic E-state index is 0.126. The van der Waals surface area contributed by atoms with Crippen LogP contribution in [0.3, 0.4) is 0 Å². The molecule has 2 rings (SSSR count). The number of hydrogen-bond donors (Lipinski definition) is 2. The lowest BCUT2D eigenvalue weighted by atomic mass is 10.3. The highest BCUT2D eigenvalue weighted by molar-refractivity contribution is 9.10. The van der Waals surface area contributed by atoms with Crippen LogP contribution in [0.5, 0.6) is 11.6 Å². The highest BCUT2D eigenvalue weighted by atomic mass is 79.9. The number of aromatic nitrogens is 2. The molecule has 1 aromatic carbocycles. The number of aromatic amines is 1. The zero-order valence-electron chi connectivity index (χ0n) is 8.41. The molecule has 0 saturated heterocycles. The van der Waals surface area contributed by atoms with E-state index in [2.05, 4.69) is 25.9 Å². The molecule has 0 saturated carbocycles. The number of nitrogens with zero attached hydrogens (tertiary/aromatic N) is 1. The number of benzene rings is 1. The highest BCUT2D eigenvalue weighted by Crippen LogP contribution is 2.31. The quantitative estimate of drug-likeness (QED) is 0.834. The fraction of sp³-hybridized carbons (Fsp3) is 0. The summed E-state index contributed by atoms with van der Waals surface area (Å²) in [6.45, 7) is 0. The molecule has 2 aromatic rings. The average Bonchev–Trinajstić information content (AvgIpc) is 2.30. The Morgan fingerprint density at radius 2 is 2.24 bits per heavy atom. The van der Waals surface area contributed by atoms with Gasteiger partial charge in [-0.05, 0) is 28.1 Å². The molecule has 0 aliphatic rings. The van der Waals surface area contributed by atoms with Crippen molar-refractivity contribution in [3.8, 4) is 11.6 Å². The SMILES string of the molecule is Nc1ccc(Cl)c(Oc2nc[nH]c(=O)c2Br)c1. The maximum Gasteiger partial charge on any atom is 0.268 e. The molecule has 5 nitrogen and oxygen atoms in total. The first-order chi connectivity index (χ1) is 8.08. The first-order valence-electron chi connectivity index (χ1n) is 4.54. The lowest BCUT2D eigenvalue weighted by Crippen LogP contribution is -2.08. The molecule has 0 atom stereocenters. The Balaban J connectivity index is 2.41. The number of nitrogen functional groups attached to an aromatic ring is 1. The molecule has 88 valence electrons.